The lowest BCUT2D eigenvalue weighted by molar-refractivity contribution is -0.138. The van der Waals surface area contributed by atoms with Gasteiger partial charge in [-0.15, -0.1) is 0 Å². The van der Waals surface area contributed by atoms with Gasteiger partial charge < -0.3 is 5.11 Å². The fourth-order valence-electron chi connectivity index (χ4n) is 2.17. The summed E-state index contributed by atoms with van der Waals surface area (Å²) in [5.74, 6) is -1.25. The quantitative estimate of drug-likeness (QED) is 0.901. The molecule has 2 heteroatoms. The molecule has 2 aromatic rings. The van der Waals surface area contributed by atoms with Gasteiger partial charge in [-0.25, -0.2) is 0 Å². The Balaban J connectivity index is 2.22. The highest BCUT2D eigenvalue weighted by atomic mass is 16.4. The fraction of sp³-hybridized carbons (Fsp3) is 0.235. The Morgan fingerprint density at radius 3 is 2.37 bits per heavy atom. The molecule has 0 saturated heterocycles. The first-order chi connectivity index (χ1) is 9.06. The summed E-state index contributed by atoms with van der Waals surface area (Å²) < 4.78 is 0. The first-order valence-electron chi connectivity index (χ1n) is 6.43. The largest absolute Gasteiger partial charge is 0.481 e. The van der Waals surface area contributed by atoms with Crippen LogP contribution in [0.1, 0.15) is 35.1 Å². The molecule has 2 nitrogen and oxygen atoms in total. The third kappa shape index (κ3) is 3.44. The van der Waals surface area contributed by atoms with Gasteiger partial charge in [0.25, 0.3) is 0 Å². The van der Waals surface area contributed by atoms with Crippen LogP contribution in [-0.4, -0.2) is 11.1 Å². The molecule has 0 amide bonds. The van der Waals surface area contributed by atoms with Gasteiger partial charge in [-0.2, -0.15) is 0 Å². The number of aliphatic carboxylic acids is 1. The monoisotopic (exact) mass is 254 g/mol. The van der Waals surface area contributed by atoms with Crippen LogP contribution < -0.4 is 0 Å². The first-order valence-corrected chi connectivity index (χ1v) is 6.43. The third-order valence-electron chi connectivity index (χ3n) is 3.31. The smallest absolute Gasteiger partial charge is 0.310 e. The highest BCUT2D eigenvalue weighted by Crippen LogP contribution is 2.19. The average Bonchev–Trinajstić information content (AvgIpc) is 2.38. The maximum atomic E-state index is 11.0. The van der Waals surface area contributed by atoms with Crippen LogP contribution in [0.4, 0.5) is 0 Å². The van der Waals surface area contributed by atoms with Crippen molar-refractivity contribution in [2.24, 2.45) is 0 Å². The van der Waals surface area contributed by atoms with E-state index in [1.165, 1.54) is 11.1 Å². The average molecular weight is 254 g/mol. The molecule has 0 bridgehead atoms. The van der Waals surface area contributed by atoms with Crippen molar-refractivity contribution in [3.05, 3.63) is 70.8 Å². The summed E-state index contributed by atoms with van der Waals surface area (Å²) in [6, 6.07) is 16.2. The summed E-state index contributed by atoms with van der Waals surface area (Å²) in [5, 5.41) is 9.05. The van der Waals surface area contributed by atoms with Crippen molar-refractivity contribution in [2.75, 3.05) is 0 Å². The summed E-state index contributed by atoms with van der Waals surface area (Å²) >= 11 is 0. The molecule has 98 valence electrons. The highest BCUT2D eigenvalue weighted by molar-refractivity contribution is 5.75. The number of carboxylic acid groups (broad SMARTS) is 1. The van der Waals surface area contributed by atoms with Crippen LogP contribution in [0, 0.1) is 6.92 Å². The normalized spacial score (nSPS) is 12.1. The number of benzene rings is 2. The Bertz CT molecular complexity index is 587. The van der Waals surface area contributed by atoms with Crippen molar-refractivity contribution in [3.8, 4) is 0 Å². The Kier molecular flexibility index (Phi) is 4.00. The van der Waals surface area contributed by atoms with E-state index in [0.717, 1.165) is 17.5 Å². The van der Waals surface area contributed by atoms with Crippen molar-refractivity contribution in [3.63, 3.8) is 0 Å². The number of carboxylic acids is 1. The fourth-order valence-corrected chi connectivity index (χ4v) is 2.17. The summed E-state index contributed by atoms with van der Waals surface area (Å²) in [7, 11) is 0. The van der Waals surface area contributed by atoms with E-state index >= 15 is 0 Å². The van der Waals surface area contributed by atoms with E-state index in [4.69, 9.17) is 5.11 Å². The summed E-state index contributed by atoms with van der Waals surface area (Å²) in [4.78, 5) is 11.0. The van der Waals surface area contributed by atoms with E-state index in [1.807, 2.05) is 30.3 Å². The second-order valence-electron chi connectivity index (χ2n) is 4.97. The standard InChI is InChI=1S/C17H18O2/c1-12-5-3-6-14(9-12)10-15-7-4-8-16(11-15)13(2)17(18)19/h3-9,11,13H,10H2,1-2H3,(H,18,19). The summed E-state index contributed by atoms with van der Waals surface area (Å²) in [5.41, 5.74) is 4.50. The van der Waals surface area contributed by atoms with Crippen molar-refractivity contribution in [1.82, 2.24) is 0 Å². The minimum atomic E-state index is -0.785. The molecule has 0 radical (unpaired) electrons. The first kappa shape index (κ1) is 13.3. The van der Waals surface area contributed by atoms with Crippen LogP contribution in [0.2, 0.25) is 0 Å². The summed E-state index contributed by atoms with van der Waals surface area (Å²) in [6.07, 6.45) is 0.835. The lowest BCUT2D eigenvalue weighted by Gasteiger charge is -2.09. The molecule has 0 fully saturated rings. The van der Waals surface area contributed by atoms with E-state index in [9.17, 15) is 4.79 Å². The van der Waals surface area contributed by atoms with Gasteiger partial charge in [0.15, 0.2) is 0 Å². The number of aryl methyl sites for hydroxylation is 1. The lowest BCUT2D eigenvalue weighted by atomic mass is 9.96. The summed E-state index contributed by atoms with van der Waals surface area (Å²) in [6.45, 7) is 3.79. The van der Waals surface area contributed by atoms with Gasteiger partial charge in [0.05, 0.1) is 5.92 Å². The Hall–Kier alpha value is -2.09. The molecule has 2 rings (SSSR count). The molecule has 2 aromatic carbocycles. The Labute approximate surface area is 113 Å². The van der Waals surface area contributed by atoms with Crippen LogP contribution in [-0.2, 0) is 11.2 Å². The van der Waals surface area contributed by atoms with Gasteiger partial charge >= 0.3 is 5.97 Å². The van der Waals surface area contributed by atoms with Crippen LogP contribution in [0.15, 0.2) is 48.5 Å². The van der Waals surface area contributed by atoms with Gasteiger partial charge in [0.2, 0.25) is 0 Å². The minimum absolute atomic E-state index is 0.461. The zero-order valence-corrected chi connectivity index (χ0v) is 11.3. The predicted octanol–water partition coefficient (Wildman–Crippen LogP) is 3.77. The van der Waals surface area contributed by atoms with Crippen LogP contribution in [0.25, 0.3) is 0 Å². The molecule has 0 aliphatic carbocycles. The van der Waals surface area contributed by atoms with Crippen molar-refractivity contribution in [1.29, 1.82) is 0 Å². The van der Waals surface area contributed by atoms with Gasteiger partial charge in [-0.3, -0.25) is 4.79 Å². The number of carbonyl (C=O) groups is 1. The molecule has 0 spiro atoms. The van der Waals surface area contributed by atoms with Crippen LogP contribution in [0.5, 0.6) is 0 Å². The zero-order chi connectivity index (χ0) is 13.8. The van der Waals surface area contributed by atoms with Gasteiger partial charge in [-0.1, -0.05) is 54.1 Å². The molecular weight excluding hydrogens is 236 g/mol. The second kappa shape index (κ2) is 5.70. The number of rotatable bonds is 4. The molecular formula is C17H18O2. The molecule has 1 unspecified atom stereocenters. The van der Waals surface area contributed by atoms with Gasteiger partial charge in [0, 0.05) is 0 Å². The Morgan fingerprint density at radius 2 is 1.74 bits per heavy atom. The second-order valence-corrected chi connectivity index (χ2v) is 4.97. The van der Waals surface area contributed by atoms with Crippen molar-refractivity contribution < 1.29 is 9.90 Å². The molecule has 0 aliphatic rings. The van der Waals surface area contributed by atoms with E-state index in [0.29, 0.717) is 0 Å². The third-order valence-corrected chi connectivity index (χ3v) is 3.31. The van der Waals surface area contributed by atoms with Crippen LogP contribution >= 0.6 is 0 Å². The maximum absolute atomic E-state index is 11.0. The van der Waals surface area contributed by atoms with E-state index < -0.39 is 11.9 Å². The van der Waals surface area contributed by atoms with Gasteiger partial charge in [-0.05, 0) is 37.0 Å². The van der Waals surface area contributed by atoms with E-state index in [2.05, 4.69) is 25.1 Å². The molecule has 19 heavy (non-hydrogen) atoms. The van der Waals surface area contributed by atoms with Gasteiger partial charge in [0.1, 0.15) is 0 Å². The predicted molar refractivity (Wildman–Crippen MR) is 76.5 cm³/mol. The van der Waals surface area contributed by atoms with Crippen molar-refractivity contribution >= 4 is 5.97 Å². The lowest BCUT2D eigenvalue weighted by Crippen LogP contribution is -2.07. The molecule has 0 heterocycles. The van der Waals surface area contributed by atoms with E-state index in [-0.39, 0.29) is 0 Å². The zero-order valence-electron chi connectivity index (χ0n) is 11.3. The molecule has 1 atom stereocenters. The molecule has 0 aromatic heterocycles. The van der Waals surface area contributed by atoms with Crippen LogP contribution in [0.3, 0.4) is 0 Å². The molecule has 0 saturated carbocycles. The van der Waals surface area contributed by atoms with E-state index in [1.54, 1.807) is 6.92 Å². The topological polar surface area (TPSA) is 37.3 Å². The number of hydrogen-bond donors (Lipinski definition) is 1. The highest BCUT2D eigenvalue weighted by Gasteiger charge is 2.13. The maximum Gasteiger partial charge on any atom is 0.310 e. The minimum Gasteiger partial charge on any atom is -0.481 e. The molecule has 0 aliphatic heterocycles. The Morgan fingerprint density at radius 1 is 1.11 bits per heavy atom. The molecule has 1 N–H and O–H groups in total. The number of hydrogen-bond acceptors (Lipinski definition) is 1. The van der Waals surface area contributed by atoms with Crippen molar-refractivity contribution in [2.45, 2.75) is 26.2 Å². The SMILES string of the molecule is Cc1cccc(Cc2cccc(C(C)C(=O)O)c2)c1.